The predicted molar refractivity (Wildman–Crippen MR) is 208 cm³/mol. The molecule has 8 aromatic rings. The third-order valence-electron chi connectivity index (χ3n) is 9.56. The minimum Gasteiger partial charge on any atom is -0.456 e. The van der Waals surface area contributed by atoms with Crippen LogP contribution in [0.5, 0.6) is 0 Å². The largest absolute Gasteiger partial charge is 0.456 e. The van der Waals surface area contributed by atoms with Gasteiger partial charge in [-0.2, -0.15) is 0 Å². The molecule has 0 amide bonds. The second kappa shape index (κ2) is 12.5. The molecule has 1 heterocycles. The van der Waals surface area contributed by atoms with Crippen molar-refractivity contribution in [1.82, 2.24) is 0 Å². The minimum atomic E-state index is 0.910. The molecule has 1 aromatic heterocycles. The molecular weight excluding hydrogens is 597 g/mol. The number of fused-ring (bicyclic) bond motifs is 3. The van der Waals surface area contributed by atoms with Crippen LogP contribution in [0.25, 0.3) is 44.2 Å². The van der Waals surface area contributed by atoms with Gasteiger partial charge in [0.15, 0.2) is 0 Å². The van der Waals surface area contributed by atoms with Crippen molar-refractivity contribution in [2.75, 3.05) is 16.8 Å². The van der Waals surface area contributed by atoms with Crippen molar-refractivity contribution in [3.8, 4) is 22.3 Å². The molecule has 0 spiro atoms. The van der Waals surface area contributed by atoms with Gasteiger partial charge in [0.2, 0.25) is 0 Å². The van der Waals surface area contributed by atoms with E-state index in [0.29, 0.717) is 0 Å². The molecule has 49 heavy (non-hydrogen) atoms. The van der Waals surface area contributed by atoms with E-state index in [2.05, 4.69) is 183 Å². The average Bonchev–Trinajstić information content (AvgIpc) is 3.51. The van der Waals surface area contributed by atoms with E-state index in [4.69, 9.17) is 4.42 Å². The molecule has 0 saturated heterocycles. The molecule has 0 aliphatic rings. The summed E-state index contributed by atoms with van der Waals surface area (Å²) in [6.07, 6.45) is 0. The summed E-state index contributed by atoms with van der Waals surface area (Å²) in [5, 5.41) is 2.27. The van der Waals surface area contributed by atoms with Gasteiger partial charge in [0.25, 0.3) is 0 Å². The van der Waals surface area contributed by atoms with Crippen molar-refractivity contribution in [1.29, 1.82) is 0 Å². The highest BCUT2D eigenvalue weighted by Crippen LogP contribution is 2.39. The fourth-order valence-electron chi connectivity index (χ4n) is 6.78. The highest BCUT2D eigenvalue weighted by atomic mass is 16.3. The van der Waals surface area contributed by atoms with Crippen molar-refractivity contribution in [2.24, 2.45) is 0 Å². The fourth-order valence-corrected chi connectivity index (χ4v) is 6.78. The predicted octanol–water partition coefficient (Wildman–Crippen LogP) is 13.1. The van der Waals surface area contributed by atoms with E-state index in [-0.39, 0.29) is 0 Å². The first-order valence-corrected chi connectivity index (χ1v) is 16.8. The summed E-state index contributed by atoms with van der Waals surface area (Å²) in [6.45, 7) is 6.47. The molecule has 3 nitrogen and oxygen atoms in total. The van der Waals surface area contributed by atoms with E-state index >= 15 is 0 Å². The molecule has 0 saturated carbocycles. The summed E-state index contributed by atoms with van der Waals surface area (Å²) in [5.41, 5.74) is 16.1. The van der Waals surface area contributed by atoms with Crippen LogP contribution in [0.2, 0.25) is 0 Å². The summed E-state index contributed by atoms with van der Waals surface area (Å²) in [7, 11) is 2.11. The SMILES string of the molecule is Cc1ccc(-c2ccc(N(c3ccc(-c4ccc(N(C)c5ccc6oc7ccccc7c6c5)cc4)cc3)c3ccc(C)cc3C)cc2)cc1. The number of para-hydroxylation sites is 1. The number of anilines is 5. The number of hydrogen-bond donors (Lipinski definition) is 0. The van der Waals surface area contributed by atoms with Crippen LogP contribution in [0.1, 0.15) is 16.7 Å². The van der Waals surface area contributed by atoms with Crippen LogP contribution in [-0.4, -0.2) is 7.05 Å². The highest BCUT2D eigenvalue weighted by molar-refractivity contribution is 6.06. The Kier molecular flexibility index (Phi) is 7.74. The van der Waals surface area contributed by atoms with Gasteiger partial charge in [0, 0.05) is 46.3 Å². The Hall–Kier alpha value is -6.06. The normalized spacial score (nSPS) is 11.3. The van der Waals surface area contributed by atoms with Gasteiger partial charge in [-0.05, 0) is 115 Å². The smallest absolute Gasteiger partial charge is 0.135 e. The monoisotopic (exact) mass is 634 g/mol. The van der Waals surface area contributed by atoms with E-state index in [1.165, 1.54) is 44.6 Å². The van der Waals surface area contributed by atoms with Crippen LogP contribution in [0.15, 0.2) is 162 Å². The lowest BCUT2D eigenvalue weighted by molar-refractivity contribution is 0.669. The van der Waals surface area contributed by atoms with Crippen molar-refractivity contribution >= 4 is 50.4 Å². The molecule has 0 aliphatic carbocycles. The molecule has 8 rings (SSSR count). The standard InChI is InChI=1S/C46H38N2O/c1-31-9-12-34(13-10-31)36-16-22-39(23-17-36)48(44-27-11-32(2)29-33(44)3)40-24-18-37(19-25-40)35-14-20-38(21-15-35)47(4)41-26-28-46-43(30-41)42-7-5-6-8-45(42)49-46/h5-30H,1-4H3. The summed E-state index contributed by atoms with van der Waals surface area (Å²) in [5.74, 6) is 0. The van der Waals surface area contributed by atoms with Gasteiger partial charge in [0.05, 0.1) is 0 Å². The zero-order valence-corrected chi connectivity index (χ0v) is 28.3. The summed E-state index contributed by atoms with van der Waals surface area (Å²) >= 11 is 0. The number of hydrogen-bond acceptors (Lipinski definition) is 3. The lowest BCUT2D eigenvalue weighted by Gasteiger charge is -2.27. The zero-order chi connectivity index (χ0) is 33.5. The number of aryl methyl sites for hydroxylation is 3. The van der Waals surface area contributed by atoms with Gasteiger partial charge in [-0.25, -0.2) is 0 Å². The Morgan fingerprint density at radius 2 is 0.898 bits per heavy atom. The van der Waals surface area contributed by atoms with Gasteiger partial charge < -0.3 is 14.2 Å². The lowest BCUT2D eigenvalue weighted by atomic mass is 10.0. The number of furan rings is 1. The van der Waals surface area contributed by atoms with E-state index in [1.54, 1.807) is 0 Å². The molecule has 0 bridgehead atoms. The molecule has 0 aliphatic heterocycles. The molecule has 0 fully saturated rings. The van der Waals surface area contributed by atoms with Gasteiger partial charge in [-0.15, -0.1) is 0 Å². The van der Waals surface area contributed by atoms with Crippen molar-refractivity contribution in [3.05, 3.63) is 174 Å². The van der Waals surface area contributed by atoms with Crippen molar-refractivity contribution < 1.29 is 4.42 Å². The Labute approximate surface area is 288 Å². The third-order valence-corrected chi connectivity index (χ3v) is 9.56. The Bertz CT molecular complexity index is 2400. The molecule has 238 valence electrons. The number of nitrogens with zero attached hydrogens (tertiary/aromatic N) is 2. The first-order valence-electron chi connectivity index (χ1n) is 16.8. The van der Waals surface area contributed by atoms with Crippen LogP contribution in [-0.2, 0) is 0 Å². The topological polar surface area (TPSA) is 19.6 Å². The van der Waals surface area contributed by atoms with Crippen LogP contribution in [0, 0.1) is 20.8 Å². The third kappa shape index (κ3) is 5.85. The molecule has 3 heteroatoms. The van der Waals surface area contributed by atoms with E-state index in [0.717, 1.165) is 44.7 Å². The van der Waals surface area contributed by atoms with Crippen LogP contribution in [0.3, 0.4) is 0 Å². The first kappa shape index (κ1) is 30.3. The van der Waals surface area contributed by atoms with Crippen LogP contribution >= 0.6 is 0 Å². The van der Waals surface area contributed by atoms with Gasteiger partial charge >= 0.3 is 0 Å². The summed E-state index contributed by atoms with van der Waals surface area (Å²) in [6, 6.07) is 56.6. The summed E-state index contributed by atoms with van der Waals surface area (Å²) in [4.78, 5) is 4.58. The maximum Gasteiger partial charge on any atom is 0.135 e. The van der Waals surface area contributed by atoms with E-state index in [9.17, 15) is 0 Å². The molecule has 0 atom stereocenters. The Morgan fingerprint density at radius 1 is 0.408 bits per heavy atom. The first-order chi connectivity index (χ1) is 23.9. The van der Waals surface area contributed by atoms with E-state index in [1.807, 2.05) is 12.1 Å². The molecular formula is C46H38N2O. The fraction of sp³-hybridized carbons (Fsp3) is 0.0870. The second-order valence-corrected chi connectivity index (χ2v) is 13.0. The molecule has 0 N–H and O–H groups in total. The quantitative estimate of drug-likeness (QED) is 0.174. The number of benzene rings is 7. The average molecular weight is 635 g/mol. The lowest BCUT2D eigenvalue weighted by Crippen LogP contribution is -2.11. The maximum absolute atomic E-state index is 6.04. The minimum absolute atomic E-state index is 0.910. The van der Waals surface area contributed by atoms with Gasteiger partial charge in [0.1, 0.15) is 11.2 Å². The highest BCUT2D eigenvalue weighted by Gasteiger charge is 2.16. The van der Waals surface area contributed by atoms with Crippen molar-refractivity contribution in [2.45, 2.75) is 20.8 Å². The van der Waals surface area contributed by atoms with Crippen LogP contribution < -0.4 is 9.80 Å². The Morgan fingerprint density at radius 3 is 1.49 bits per heavy atom. The van der Waals surface area contributed by atoms with Gasteiger partial charge in [-0.3, -0.25) is 0 Å². The molecule has 7 aromatic carbocycles. The van der Waals surface area contributed by atoms with E-state index < -0.39 is 0 Å². The number of rotatable bonds is 7. The molecule has 0 unspecified atom stereocenters. The Balaban J connectivity index is 1.07. The van der Waals surface area contributed by atoms with Crippen LogP contribution in [0.4, 0.5) is 28.4 Å². The molecule has 0 radical (unpaired) electrons. The summed E-state index contributed by atoms with van der Waals surface area (Å²) < 4.78 is 6.04. The zero-order valence-electron chi connectivity index (χ0n) is 28.3. The van der Waals surface area contributed by atoms with Crippen molar-refractivity contribution in [3.63, 3.8) is 0 Å². The second-order valence-electron chi connectivity index (χ2n) is 13.0. The maximum atomic E-state index is 6.04. The van der Waals surface area contributed by atoms with Gasteiger partial charge in [-0.1, -0.05) is 102 Å².